The Morgan fingerprint density at radius 3 is 2.42 bits per heavy atom. The predicted octanol–water partition coefficient (Wildman–Crippen LogP) is 3.29. The molecule has 2 rings (SSSR count). The molecule has 4 heteroatoms. The van der Waals surface area contributed by atoms with Crippen molar-refractivity contribution in [1.82, 2.24) is 0 Å². The average Bonchev–Trinajstić information content (AvgIpc) is 2.46. The van der Waals surface area contributed by atoms with Gasteiger partial charge in [-0.05, 0) is 30.3 Å². The second-order valence-electron chi connectivity index (χ2n) is 3.92. The van der Waals surface area contributed by atoms with Gasteiger partial charge in [-0.25, -0.2) is 0 Å². The van der Waals surface area contributed by atoms with Crippen LogP contribution in [0.2, 0.25) is 5.02 Å². The summed E-state index contributed by atoms with van der Waals surface area (Å²) in [4.78, 5) is 0. The fraction of sp³-hybridized carbons (Fsp3) is 0.200. The van der Waals surface area contributed by atoms with E-state index in [0.717, 1.165) is 5.75 Å². The molecule has 2 aromatic carbocycles. The molecule has 0 atom stereocenters. The Labute approximate surface area is 117 Å². The monoisotopic (exact) mass is 278 g/mol. The Kier molecular flexibility index (Phi) is 5.07. The molecule has 0 saturated heterocycles. The number of hydrogen-bond donors (Lipinski definition) is 1. The van der Waals surface area contributed by atoms with Gasteiger partial charge in [-0.15, -0.1) is 0 Å². The molecule has 0 aliphatic heterocycles. The molecular formula is C15H15ClO3. The van der Waals surface area contributed by atoms with E-state index in [1.54, 1.807) is 18.2 Å². The zero-order valence-corrected chi connectivity index (χ0v) is 11.1. The molecule has 1 N–H and O–H groups in total. The summed E-state index contributed by atoms with van der Waals surface area (Å²) in [6.07, 6.45) is 0. The lowest BCUT2D eigenvalue weighted by Gasteiger charge is -2.11. The van der Waals surface area contributed by atoms with Crippen LogP contribution in [-0.2, 0) is 6.61 Å². The smallest absolute Gasteiger partial charge is 0.125 e. The van der Waals surface area contributed by atoms with Crippen LogP contribution in [0.25, 0.3) is 0 Å². The van der Waals surface area contributed by atoms with Crippen molar-refractivity contribution in [3.05, 3.63) is 59.1 Å². The minimum absolute atomic E-state index is 0.102. The third-order valence-electron chi connectivity index (χ3n) is 2.55. The van der Waals surface area contributed by atoms with Crippen molar-refractivity contribution in [3.8, 4) is 11.5 Å². The normalized spacial score (nSPS) is 10.2. The van der Waals surface area contributed by atoms with Gasteiger partial charge in [-0.1, -0.05) is 29.8 Å². The molecule has 0 saturated carbocycles. The molecule has 0 aliphatic carbocycles. The molecule has 0 aromatic heterocycles. The van der Waals surface area contributed by atoms with E-state index in [1.165, 1.54) is 0 Å². The number of hydrogen-bond acceptors (Lipinski definition) is 3. The number of aliphatic hydroxyl groups is 1. The van der Waals surface area contributed by atoms with Gasteiger partial charge in [0.2, 0.25) is 0 Å². The first kappa shape index (κ1) is 13.7. The second-order valence-corrected chi connectivity index (χ2v) is 4.36. The fourth-order valence-electron chi connectivity index (χ4n) is 1.64. The van der Waals surface area contributed by atoms with Crippen LogP contribution in [0.1, 0.15) is 5.56 Å². The Morgan fingerprint density at radius 1 is 0.947 bits per heavy atom. The zero-order valence-electron chi connectivity index (χ0n) is 10.4. The van der Waals surface area contributed by atoms with Crippen molar-refractivity contribution in [2.24, 2.45) is 0 Å². The lowest BCUT2D eigenvalue weighted by atomic mass is 10.2. The maximum absolute atomic E-state index is 9.21. The van der Waals surface area contributed by atoms with Crippen LogP contribution in [0.4, 0.5) is 0 Å². The van der Waals surface area contributed by atoms with E-state index in [0.29, 0.717) is 29.5 Å². The van der Waals surface area contributed by atoms with E-state index in [2.05, 4.69) is 0 Å². The van der Waals surface area contributed by atoms with Crippen molar-refractivity contribution in [2.45, 2.75) is 6.61 Å². The quantitative estimate of drug-likeness (QED) is 0.824. The minimum atomic E-state index is -0.102. The Balaban J connectivity index is 1.83. The van der Waals surface area contributed by atoms with Crippen molar-refractivity contribution in [3.63, 3.8) is 0 Å². The molecule has 0 heterocycles. The topological polar surface area (TPSA) is 38.7 Å². The molecule has 19 heavy (non-hydrogen) atoms. The molecule has 0 spiro atoms. The molecule has 0 fully saturated rings. The number of aliphatic hydroxyl groups excluding tert-OH is 1. The highest BCUT2D eigenvalue weighted by Gasteiger charge is 2.03. The first-order valence-electron chi connectivity index (χ1n) is 5.99. The Bertz CT molecular complexity index is 514. The molecular weight excluding hydrogens is 264 g/mol. The lowest BCUT2D eigenvalue weighted by Crippen LogP contribution is -2.10. The first-order valence-corrected chi connectivity index (χ1v) is 6.37. The SMILES string of the molecule is OCc1cc(Cl)ccc1OCCOc1ccccc1. The zero-order chi connectivity index (χ0) is 13.5. The largest absolute Gasteiger partial charge is 0.490 e. The van der Waals surface area contributed by atoms with E-state index in [4.69, 9.17) is 21.1 Å². The van der Waals surface area contributed by atoms with Gasteiger partial charge in [-0.3, -0.25) is 0 Å². The molecule has 0 aliphatic rings. The van der Waals surface area contributed by atoms with Crippen LogP contribution in [0, 0.1) is 0 Å². The third-order valence-corrected chi connectivity index (χ3v) is 2.78. The molecule has 0 unspecified atom stereocenters. The van der Waals surface area contributed by atoms with Crippen molar-refractivity contribution in [1.29, 1.82) is 0 Å². The van der Waals surface area contributed by atoms with Crippen LogP contribution >= 0.6 is 11.6 Å². The van der Waals surface area contributed by atoms with Crippen LogP contribution in [0.15, 0.2) is 48.5 Å². The van der Waals surface area contributed by atoms with Gasteiger partial charge >= 0.3 is 0 Å². The molecule has 0 bridgehead atoms. The van der Waals surface area contributed by atoms with Gasteiger partial charge < -0.3 is 14.6 Å². The van der Waals surface area contributed by atoms with Crippen LogP contribution in [0.3, 0.4) is 0 Å². The van der Waals surface area contributed by atoms with Crippen molar-refractivity contribution in [2.75, 3.05) is 13.2 Å². The number of ether oxygens (including phenoxy) is 2. The highest BCUT2D eigenvalue weighted by atomic mass is 35.5. The number of benzene rings is 2. The maximum atomic E-state index is 9.21. The van der Waals surface area contributed by atoms with Gasteiger partial charge in [0.05, 0.1) is 6.61 Å². The van der Waals surface area contributed by atoms with Gasteiger partial charge in [0, 0.05) is 10.6 Å². The number of para-hydroxylation sites is 1. The minimum Gasteiger partial charge on any atom is -0.490 e. The Morgan fingerprint density at radius 2 is 1.68 bits per heavy atom. The highest BCUT2D eigenvalue weighted by Crippen LogP contribution is 2.22. The third kappa shape index (κ3) is 4.16. The lowest BCUT2D eigenvalue weighted by molar-refractivity contribution is 0.210. The van der Waals surface area contributed by atoms with Crippen LogP contribution in [0.5, 0.6) is 11.5 Å². The van der Waals surface area contributed by atoms with E-state index in [9.17, 15) is 5.11 Å². The molecule has 0 amide bonds. The van der Waals surface area contributed by atoms with Crippen LogP contribution in [-0.4, -0.2) is 18.3 Å². The van der Waals surface area contributed by atoms with E-state index in [-0.39, 0.29) is 6.61 Å². The van der Waals surface area contributed by atoms with Crippen molar-refractivity contribution >= 4 is 11.6 Å². The number of halogens is 1. The molecule has 3 nitrogen and oxygen atoms in total. The van der Waals surface area contributed by atoms with E-state index < -0.39 is 0 Å². The molecule has 2 aromatic rings. The average molecular weight is 279 g/mol. The van der Waals surface area contributed by atoms with Gasteiger partial charge in [0.1, 0.15) is 24.7 Å². The summed E-state index contributed by atoms with van der Waals surface area (Å²) >= 11 is 5.85. The fourth-order valence-corrected chi connectivity index (χ4v) is 1.83. The first-order chi connectivity index (χ1) is 9.29. The summed E-state index contributed by atoms with van der Waals surface area (Å²) in [5.74, 6) is 1.44. The Hall–Kier alpha value is -1.71. The highest BCUT2D eigenvalue weighted by molar-refractivity contribution is 6.30. The standard InChI is InChI=1S/C15H15ClO3/c16-13-6-7-15(12(10-13)11-17)19-9-8-18-14-4-2-1-3-5-14/h1-7,10,17H,8-9,11H2. The number of rotatable bonds is 6. The summed E-state index contributed by atoms with van der Waals surface area (Å²) < 4.78 is 11.1. The summed E-state index contributed by atoms with van der Waals surface area (Å²) in [5, 5.41) is 9.79. The van der Waals surface area contributed by atoms with E-state index in [1.807, 2.05) is 30.3 Å². The van der Waals surface area contributed by atoms with E-state index >= 15 is 0 Å². The van der Waals surface area contributed by atoms with Gasteiger partial charge in [-0.2, -0.15) is 0 Å². The van der Waals surface area contributed by atoms with Crippen LogP contribution < -0.4 is 9.47 Å². The van der Waals surface area contributed by atoms with Crippen molar-refractivity contribution < 1.29 is 14.6 Å². The predicted molar refractivity (Wildman–Crippen MR) is 74.8 cm³/mol. The van der Waals surface area contributed by atoms with Gasteiger partial charge in [0.25, 0.3) is 0 Å². The summed E-state index contributed by atoms with van der Waals surface area (Å²) in [6, 6.07) is 14.7. The molecule has 0 radical (unpaired) electrons. The summed E-state index contributed by atoms with van der Waals surface area (Å²) in [5.41, 5.74) is 0.673. The maximum Gasteiger partial charge on any atom is 0.125 e. The second kappa shape index (κ2) is 7.02. The molecule has 100 valence electrons. The van der Waals surface area contributed by atoms with Gasteiger partial charge in [0.15, 0.2) is 0 Å². The summed E-state index contributed by atoms with van der Waals surface area (Å²) in [6.45, 7) is 0.746. The summed E-state index contributed by atoms with van der Waals surface area (Å²) in [7, 11) is 0.